The average Bonchev–Trinajstić information content (AvgIpc) is 2.91. The van der Waals surface area contributed by atoms with Crippen LogP contribution < -0.4 is 0 Å². The number of rotatable bonds is 3. The molecule has 1 saturated heterocycles. The Labute approximate surface area is 112 Å². The van der Waals surface area contributed by atoms with Gasteiger partial charge in [-0.15, -0.1) is 0 Å². The van der Waals surface area contributed by atoms with Crippen LogP contribution in [-0.4, -0.2) is 73.3 Å². The third-order valence-corrected chi connectivity index (χ3v) is 3.10. The second kappa shape index (κ2) is 5.88. The maximum Gasteiger partial charge on any atom is 0.289 e. The van der Waals surface area contributed by atoms with Gasteiger partial charge in [0.25, 0.3) is 5.91 Å². The van der Waals surface area contributed by atoms with E-state index in [0.29, 0.717) is 38.5 Å². The number of furan rings is 1. The Morgan fingerprint density at radius 2 is 1.84 bits per heavy atom. The Morgan fingerprint density at radius 1 is 1.21 bits per heavy atom. The first-order chi connectivity index (χ1) is 9.08. The van der Waals surface area contributed by atoms with Crippen molar-refractivity contribution in [1.82, 2.24) is 14.7 Å². The summed E-state index contributed by atoms with van der Waals surface area (Å²) < 4.78 is 5.10. The van der Waals surface area contributed by atoms with E-state index in [1.165, 1.54) is 6.26 Å². The lowest BCUT2D eigenvalue weighted by Gasteiger charge is -2.34. The molecule has 2 heterocycles. The smallest absolute Gasteiger partial charge is 0.289 e. The van der Waals surface area contributed by atoms with Gasteiger partial charge in [-0.2, -0.15) is 0 Å². The lowest BCUT2D eigenvalue weighted by atomic mass is 10.2. The third-order valence-electron chi connectivity index (χ3n) is 3.10. The standard InChI is InChI=1S/C13H19N3O3/c1-14(2)10-12(17)15-5-7-16(8-6-15)13(18)11-4-3-9-19-11/h3-4,9H,5-8,10H2,1-2H3. The van der Waals surface area contributed by atoms with Gasteiger partial charge in [0.15, 0.2) is 5.76 Å². The van der Waals surface area contributed by atoms with Crippen molar-refractivity contribution in [1.29, 1.82) is 0 Å². The van der Waals surface area contributed by atoms with Gasteiger partial charge in [-0.05, 0) is 26.2 Å². The minimum atomic E-state index is -0.107. The van der Waals surface area contributed by atoms with Crippen LogP contribution in [0.4, 0.5) is 0 Å². The third kappa shape index (κ3) is 3.35. The molecule has 1 aromatic rings. The summed E-state index contributed by atoms with van der Waals surface area (Å²) in [5, 5.41) is 0. The quantitative estimate of drug-likeness (QED) is 0.779. The molecule has 0 aliphatic carbocycles. The van der Waals surface area contributed by atoms with E-state index >= 15 is 0 Å². The zero-order valence-corrected chi connectivity index (χ0v) is 11.3. The molecule has 0 atom stereocenters. The molecule has 6 nitrogen and oxygen atoms in total. The number of nitrogens with zero attached hydrogens (tertiary/aromatic N) is 3. The summed E-state index contributed by atoms with van der Waals surface area (Å²) in [5.74, 6) is 0.355. The van der Waals surface area contributed by atoms with Crippen LogP contribution in [0.15, 0.2) is 22.8 Å². The van der Waals surface area contributed by atoms with Gasteiger partial charge in [0.1, 0.15) is 0 Å². The molecule has 0 unspecified atom stereocenters. The highest BCUT2D eigenvalue weighted by Gasteiger charge is 2.25. The molecule has 104 valence electrons. The van der Waals surface area contributed by atoms with Crippen molar-refractivity contribution in [2.45, 2.75) is 0 Å². The molecule has 2 rings (SSSR count). The molecule has 2 amide bonds. The van der Waals surface area contributed by atoms with E-state index in [2.05, 4.69) is 0 Å². The molecule has 0 N–H and O–H groups in total. The number of piperazine rings is 1. The molecule has 0 radical (unpaired) electrons. The van der Waals surface area contributed by atoms with Gasteiger partial charge in [0.05, 0.1) is 12.8 Å². The van der Waals surface area contributed by atoms with Crippen molar-refractivity contribution in [3.8, 4) is 0 Å². The van der Waals surface area contributed by atoms with E-state index in [0.717, 1.165) is 0 Å². The number of carbonyl (C=O) groups excluding carboxylic acids is 2. The zero-order chi connectivity index (χ0) is 13.8. The fraction of sp³-hybridized carbons (Fsp3) is 0.538. The van der Waals surface area contributed by atoms with Crippen molar-refractivity contribution in [3.05, 3.63) is 24.2 Å². The van der Waals surface area contributed by atoms with Gasteiger partial charge in [0.2, 0.25) is 5.91 Å². The number of carbonyl (C=O) groups is 2. The van der Waals surface area contributed by atoms with Gasteiger partial charge >= 0.3 is 0 Å². The Morgan fingerprint density at radius 3 is 2.37 bits per heavy atom. The second-order valence-electron chi connectivity index (χ2n) is 4.89. The Bertz CT molecular complexity index is 434. The Hall–Kier alpha value is -1.82. The Balaban J connectivity index is 1.86. The molecule has 19 heavy (non-hydrogen) atoms. The average molecular weight is 265 g/mol. The van der Waals surface area contributed by atoms with Crippen molar-refractivity contribution in [2.24, 2.45) is 0 Å². The molecule has 0 bridgehead atoms. The summed E-state index contributed by atoms with van der Waals surface area (Å²) in [6.07, 6.45) is 1.49. The van der Waals surface area contributed by atoms with Gasteiger partial charge in [0, 0.05) is 26.2 Å². The van der Waals surface area contributed by atoms with Gasteiger partial charge in [-0.1, -0.05) is 0 Å². The molecule has 1 aliphatic rings. The van der Waals surface area contributed by atoms with E-state index in [1.807, 2.05) is 19.0 Å². The van der Waals surface area contributed by atoms with E-state index in [1.54, 1.807) is 21.9 Å². The van der Waals surface area contributed by atoms with Crippen LogP contribution in [0.25, 0.3) is 0 Å². The number of hydrogen-bond donors (Lipinski definition) is 0. The molecule has 1 aliphatic heterocycles. The zero-order valence-electron chi connectivity index (χ0n) is 11.3. The minimum absolute atomic E-state index is 0.107. The lowest BCUT2D eigenvalue weighted by Crippen LogP contribution is -2.52. The van der Waals surface area contributed by atoms with Crippen molar-refractivity contribution >= 4 is 11.8 Å². The topological polar surface area (TPSA) is 57.0 Å². The summed E-state index contributed by atoms with van der Waals surface area (Å²) in [4.78, 5) is 29.3. The summed E-state index contributed by atoms with van der Waals surface area (Å²) in [7, 11) is 3.74. The van der Waals surface area contributed by atoms with E-state index in [9.17, 15) is 9.59 Å². The molecule has 1 fully saturated rings. The minimum Gasteiger partial charge on any atom is -0.459 e. The van der Waals surface area contributed by atoms with Gasteiger partial charge in [-0.3, -0.25) is 9.59 Å². The van der Waals surface area contributed by atoms with Crippen molar-refractivity contribution < 1.29 is 14.0 Å². The summed E-state index contributed by atoms with van der Waals surface area (Å²) >= 11 is 0. The monoisotopic (exact) mass is 265 g/mol. The van der Waals surface area contributed by atoms with Crippen LogP contribution >= 0.6 is 0 Å². The second-order valence-corrected chi connectivity index (χ2v) is 4.89. The first-order valence-corrected chi connectivity index (χ1v) is 6.33. The molecule has 0 aromatic carbocycles. The van der Waals surface area contributed by atoms with Gasteiger partial charge in [-0.25, -0.2) is 0 Å². The number of likely N-dealkylation sites (N-methyl/N-ethyl adjacent to an activating group) is 1. The van der Waals surface area contributed by atoms with Crippen LogP contribution in [0.5, 0.6) is 0 Å². The summed E-state index contributed by atoms with van der Waals surface area (Å²) in [5.41, 5.74) is 0. The van der Waals surface area contributed by atoms with E-state index in [4.69, 9.17) is 4.42 Å². The van der Waals surface area contributed by atoms with Crippen LogP contribution in [0.1, 0.15) is 10.6 Å². The van der Waals surface area contributed by atoms with Crippen molar-refractivity contribution in [3.63, 3.8) is 0 Å². The molecular formula is C13H19N3O3. The molecule has 0 spiro atoms. The van der Waals surface area contributed by atoms with Crippen LogP contribution in [0.2, 0.25) is 0 Å². The first-order valence-electron chi connectivity index (χ1n) is 6.33. The predicted molar refractivity (Wildman–Crippen MR) is 69.7 cm³/mol. The highest BCUT2D eigenvalue weighted by Crippen LogP contribution is 2.09. The van der Waals surface area contributed by atoms with Crippen LogP contribution in [0.3, 0.4) is 0 Å². The van der Waals surface area contributed by atoms with E-state index < -0.39 is 0 Å². The molecule has 0 saturated carbocycles. The maximum atomic E-state index is 12.0. The van der Waals surface area contributed by atoms with Crippen molar-refractivity contribution in [2.75, 3.05) is 46.8 Å². The van der Waals surface area contributed by atoms with Crippen LogP contribution in [-0.2, 0) is 4.79 Å². The SMILES string of the molecule is CN(C)CC(=O)N1CCN(C(=O)c2ccco2)CC1. The van der Waals surface area contributed by atoms with Crippen LogP contribution in [0, 0.1) is 0 Å². The first kappa shape index (κ1) is 13.6. The summed E-state index contributed by atoms with van der Waals surface area (Å²) in [6.45, 7) is 2.68. The largest absolute Gasteiger partial charge is 0.459 e. The molecule has 6 heteroatoms. The number of amides is 2. The Kier molecular flexibility index (Phi) is 4.21. The number of hydrogen-bond acceptors (Lipinski definition) is 4. The molecular weight excluding hydrogens is 246 g/mol. The maximum absolute atomic E-state index is 12.0. The summed E-state index contributed by atoms with van der Waals surface area (Å²) in [6, 6.07) is 3.36. The van der Waals surface area contributed by atoms with Gasteiger partial charge < -0.3 is 19.1 Å². The predicted octanol–water partition coefficient (Wildman–Crippen LogP) is 0.126. The molecule has 1 aromatic heterocycles. The highest BCUT2D eigenvalue weighted by atomic mass is 16.3. The lowest BCUT2D eigenvalue weighted by molar-refractivity contribution is -0.133. The fourth-order valence-electron chi connectivity index (χ4n) is 2.09. The fourth-order valence-corrected chi connectivity index (χ4v) is 2.09. The normalized spacial score (nSPS) is 15.9. The van der Waals surface area contributed by atoms with E-state index in [-0.39, 0.29) is 11.8 Å². The highest BCUT2D eigenvalue weighted by molar-refractivity contribution is 5.91.